The average Bonchev–Trinajstić information content (AvgIpc) is 3.26. The molecule has 0 atom stereocenters. The third kappa shape index (κ3) is 4.45. The van der Waals surface area contributed by atoms with Crippen LogP contribution in [0.25, 0.3) is 5.69 Å². The quantitative estimate of drug-likeness (QED) is 0.572. The van der Waals surface area contributed by atoms with Crippen molar-refractivity contribution in [3.05, 3.63) is 66.0 Å². The van der Waals surface area contributed by atoms with Crippen LogP contribution in [-0.4, -0.2) is 45.8 Å². The molecule has 3 aromatic rings. The molecule has 1 aliphatic heterocycles. The highest BCUT2D eigenvalue weighted by Crippen LogP contribution is 2.28. The molecule has 1 saturated heterocycles. The van der Waals surface area contributed by atoms with Crippen molar-refractivity contribution in [1.82, 2.24) is 19.7 Å². The Hall–Kier alpha value is -2.80. The number of carbonyl (C=O) groups excluding carboxylic acids is 1. The van der Waals surface area contributed by atoms with Crippen molar-refractivity contribution in [3.8, 4) is 11.4 Å². The van der Waals surface area contributed by atoms with E-state index in [1.807, 2.05) is 58.0 Å². The molecule has 1 aromatic heterocycles. The van der Waals surface area contributed by atoms with Crippen LogP contribution in [0.1, 0.15) is 35.2 Å². The first-order chi connectivity index (χ1) is 14.3. The number of thioether (sulfide) groups is 1. The molecule has 0 radical (unpaired) electrons. The van der Waals surface area contributed by atoms with Crippen LogP contribution in [0.3, 0.4) is 0 Å². The van der Waals surface area contributed by atoms with Crippen LogP contribution in [0.4, 0.5) is 0 Å². The molecule has 1 fully saturated rings. The molecular weight excluding hydrogens is 384 g/mol. The molecule has 0 spiro atoms. The average molecular weight is 409 g/mol. The summed E-state index contributed by atoms with van der Waals surface area (Å²) in [6, 6.07) is 15.7. The van der Waals surface area contributed by atoms with E-state index in [-0.39, 0.29) is 5.91 Å². The molecule has 150 valence electrons. The predicted octanol–water partition coefficient (Wildman–Crippen LogP) is 4.19. The van der Waals surface area contributed by atoms with Gasteiger partial charge in [-0.2, -0.15) is 0 Å². The van der Waals surface area contributed by atoms with Crippen LogP contribution >= 0.6 is 11.8 Å². The summed E-state index contributed by atoms with van der Waals surface area (Å²) < 4.78 is 7.38. The van der Waals surface area contributed by atoms with Crippen LogP contribution < -0.4 is 4.74 Å². The summed E-state index contributed by atoms with van der Waals surface area (Å²) in [6.45, 7) is 1.72. The van der Waals surface area contributed by atoms with Crippen molar-refractivity contribution < 1.29 is 9.53 Å². The van der Waals surface area contributed by atoms with Gasteiger partial charge in [-0.3, -0.25) is 9.36 Å². The van der Waals surface area contributed by atoms with E-state index in [2.05, 4.69) is 10.2 Å². The fourth-order valence-corrected chi connectivity index (χ4v) is 4.40. The summed E-state index contributed by atoms with van der Waals surface area (Å²) in [5.41, 5.74) is 2.75. The molecule has 0 aliphatic carbocycles. The Morgan fingerprint density at radius 2 is 1.93 bits per heavy atom. The first-order valence-electron chi connectivity index (χ1n) is 9.80. The maximum absolute atomic E-state index is 12.8. The fraction of sp³-hybridized carbons (Fsp3) is 0.318. The second-order valence-corrected chi connectivity index (χ2v) is 7.94. The highest BCUT2D eigenvalue weighted by molar-refractivity contribution is 7.98. The van der Waals surface area contributed by atoms with Crippen LogP contribution in [-0.2, 0) is 5.75 Å². The SMILES string of the molecule is COc1ccccc1-n1cnnc1SCc1cccc(C(=O)N2CCCCC2)c1. The lowest BCUT2D eigenvalue weighted by atomic mass is 10.1. The highest BCUT2D eigenvalue weighted by Gasteiger charge is 2.18. The van der Waals surface area contributed by atoms with E-state index < -0.39 is 0 Å². The van der Waals surface area contributed by atoms with Gasteiger partial charge < -0.3 is 9.64 Å². The van der Waals surface area contributed by atoms with Gasteiger partial charge in [0.1, 0.15) is 12.1 Å². The van der Waals surface area contributed by atoms with E-state index in [1.54, 1.807) is 25.2 Å². The molecule has 1 aliphatic rings. The van der Waals surface area contributed by atoms with Crippen LogP contribution in [0.2, 0.25) is 0 Å². The number of para-hydroxylation sites is 2. The smallest absolute Gasteiger partial charge is 0.253 e. The molecule has 0 saturated carbocycles. The summed E-state index contributed by atoms with van der Waals surface area (Å²) in [4.78, 5) is 14.7. The Labute approximate surface area is 174 Å². The lowest BCUT2D eigenvalue weighted by Gasteiger charge is -2.26. The Bertz CT molecular complexity index is 982. The summed E-state index contributed by atoms with van der Waals surface area (Å²) in [6.07, 6.45) is 5.10. The molecule has 0 bridgehead atoms. The summed E-state index contributed by atoms with van der Waals surface area (Å²) >= 11 is 1.59. The molecule has 6 nitrogen and oxygen atoms in total. The van der Waals surface area contributed by atoms with Gasteiger partial charge in [-0.25, -0.2) is 0 Å². The number of amides is 1. The van der Waals surface area contributed by atoms with Crippen molar-refractivity contribution >= 4 is 17.7 Å². The summed E-state index contributed by atoms with van der Waals surface area (Å²) in [5.74, 6) is 1.60. The van der Waals surface area contributed by atoms with Crippen molar-refractivity contribution in [2.24, 2.45) is 0 Å². The maximum atomic E-state index is 12.8. The van der Waals surface area contributed by atoms with Gasteiger partial charge in [0.05, 0.1) is 12.8 Å². The fourth-order valence-electron chi connectivity index (χ4n) is 3.54. The molecule has 29 heavy (non-hydrogen) atoms. The molecule has 7 heteroatoms. The largest absolute Gasteiger partial charge is 0.495 e. The number of ether oxygens (including phenoxy) is 1. The number of hydrogen-bond donors (Lipinski definition) is 0. The van der Waals surface area contributed by atoms with Crippen LogP contribution in [0.15, 0.2) is 60.0 Å². The third-order valence-electron chi connectivity index (χ3n) is 5.05. The predicted molar refractivity (Wildman–Crippen MR) is 114 cm³/mol. The number of benzene rings is 2. The van der Waals surface area contributed by atoms with Gasteiger partial charge in [0.2, 0.25) is 0 Å². The molecular formula is C22H24N4O2S. The molecule has 1 amide bonds. The minimum absolute atomic E-state index is 0.133. The number of likely N-dealkylation sites (tertiary alicyclic amines) is 1. The van der Waals surface area contributed by atoms with E-state index in [4.69, 9.17) is 4.74 Å². The lowest BCUT2D eigenvalue weighted by Crippen LogP contribution is -2.35. The van der Waals surface area contributed by atoms with Gasteiger partial charge >= 0.3 is 0 Å². The second-order valence-electron chi connectivity index (χ2n) is 7.00. The van der Waals surface area contributed by atoms with Gasteiger partial charge in [-0.05, 0) is 49.1 Å². The van der Waals surface area contributed by atoms with Gasteiger partial charge in [-0.15, -0.1) is 10.2 Å². The second kappa shape index (κ2) is 9.13. The summed E-state index contributed by atoms with van der Waals surface area (Å²) in [5, 5.41) is 9.11. The number of rotatable bonds is 6. The Morgan fingerprint density at radius 3 is 2.76 bits per heavy atom. The lowest BCUT2D eigenvalue weighted by molar-refractivity contribution is 0.0724. The number of nitrogens with zero attached hydrogens (tertiary/aromatic N) is 4. The van der Waals surface area contributed by atoms with Crippen LogP contribution in [0.5, 0.6) is 5.75 Å². The van der Waals surface area contributed by atoms with Crippen molar-refractivity contribution in [3.63, 3.8) is 0 Å². The monoisotopic (exact) mass is 408 g/mol. The van der Waals surface area contributed by atoms with Crippen molar-refractivity contribution in [2.75, 3.05) is 20.2 Å². The Morgan fingerprint density at radius 1 is 1.10 bits per heavy atom. The highest BCUT2D eigenvalue weighted by atomic mass is 32.2. The minimum Gasteiger partial charge on any atom is -0.495 e. The van der Waals surface area contributed by atoms with Crippen molar-refractivity contribution in [2.45, 2.75) is 30.2 Å². The maximum Gasteiger partial charge on any atom is 0.253 e. The first-order valence-corrected chi connectivity index (χ1v) is 10.8. The molecule has 2 heterocycles. The molecule has 2 aromatic carbocycles. The Kier molecular flexibility index (Phi) is 6.14. The van der Waals surface area contributed by atoms with E-state index in [9.17, 15) is 4.79 Å². The van der Waals surface area contributed by atoms with Gasteiger partial charge in [-0.1, -0.05) is 36.0 Å². The Balaban J connectivity index is 1.48. The van der Waals surface area contributed by atoms with E-state index >= 15 is 0 Å². The van der Waals surface area contributed by atoms with Gasteiger partial charge in [0, 0.05) is 24.4 Å². The van der Waals surface area contributed by atoms with Gasteiger partial charge in [0.25, 0.3) is 5.91 Å². The first kappa shape index (κ1) is 19.5. The number of aromatic nitrogens is 3. The third-order valence-corrected chi connectivity index (χ3v) is 6.06. The number of carbonyl (C=O) groups is 1. The van der Waals surface area contributed by atoms with E-state index in [0.717, 1.165) is 53.7 Å². The minimum atomic E-state index is 0.133. The standard InChI is InChI=1S/C22H24N4O2S/c1-28-20-11-4-3-10-19(20)26-16-23-24-22(26)29-15-17-8-7-9-18(14-17)21(27)25-12-5-2-6-13-25/h3-4,7-11,14,16H,2,5-6,12-13,15H2,1H3. The zero-order valence-corrected chi connectivity index (χ0v) is 17.3. The van der Waals surface area contributed by atoms with E-state index in [1.165, 1.54) is 6.42 Å². The summed E-state index contributed by atoms with van der Waals surface area (Å²) in [7, 11) is 1.65. The molecule has 4 rings (SSSR count). The van der Waals surface area contributed by atoms with Crippen LogP contribution in [0, 0.1) is 0 Å². The zero-order chi connectivity index (χ0) is 20.1. The number of hydrogen-bond acceptors (Lipinski definition) is 5. The van der Waals surface area contributed by atoms with Gasteiger partial charge in [0.15, 0.2) is 5.16 Å². The van der Waals surface area contributed by atoms with E-state index in [0.29, 0.717) is 5.75 Å². The normalized spacial score (nSPS) is 14.0. The number of piperidine rings is 1. The number of methoxy groups -OCH3 is 1. The van der Waals surface area contributed by atoms with Crippen molar-refractivity contribution in [1.29, 1.82) is 0 Å². The molecule has 0 unspecified atom stereocenters. The topological polar surface area (TPSA) is 60.2 Å². The zero-order valence-electron chi connectivity index (χ0n) is 16.5. The molecule has 0 N–H and O–H groups in total.